The Hall–Kier alpha value is -3.38. The van der Waals surface area contributed by atoms with E-state index in [0.29, 0.717) is 37.7 Å². The zero-order valence-corrected chi connectivity index (χ0v) is 26.9. The van der Waals surface area contributed by atoms with Crippen LogP contribution < -0.4 is 37.2 Å². The van der Waals surface area contributed by atoms with Gasteiger partial charge in [-0.15, -0.1) is 0 Å². The maximum absolute atomic E-state index is 13.7. The quantitative estimate of drug-likeness (QED) is 0.113. The van der Waals surface area contributed by atoms with Gasteiger partial charge in [-0.05, 0) is 44.9 Å². The van der Waals surface area contributed by atoms with Gasteiger partial charge in [-0.25, -0.2) is 0 Å². The third kappa shape index (κ3) is 11.3. The summed E-state index contributed by atoms with van der Waals surface area (Å²) < 4.78 is 0. The monoisotopic (exact) mass is 606 g/mol. The number of nitrogens with zero attached hydrogens (tertiary/aromatic N) is 1. The number of rotatable bonds is 9. The molecule has 7 N–H and O–H groups in total. The van der Waals surface area contributed by atoms with E-state index < -0.39 is 41.4 Å². The first kappa shape index (κ1) is 35.8. The van der Waals surface area contributed by atoms with Crippen molar-refractivity contribution in [2.24, 2.45) is 16.8 Å². The molecule has 13 nitrogen and oxygen atoms in total. The molecule has 0 bridgehead atoms. The normalized spacial score (nSPS) is 26.9. The Morgan fingerprint density at radius 3 is 2.23 bits per heavy atom. The van der Waals surface area contributed by atoms with Gasteiger partial charge in [-0.2, -0.15) is 0 Å². The van der Waals surface area contributed by atoms with E-state index in [1.165, 1.54) is 6.42 Å². The number of hydrogen-bond acceptors (Lipinski definition) is 6. The lowest BCUT2D eigenvalue weighted by Gasteiger charge is -2.34. The van der Waals surface area contributed by atoms with Crippen molar-refractivity contribution in [3.05, 3.63) is 0 Å². The SMILES string of the molecule is CC[C@@H]1NC(=O)[C@H](CCCNC(=NC)NC)NC(=O)[C@](C)(NC(=O)C(C)C)CCNC(=O)[C@@H](CC2CCCCC2)NC1=O. The number of nitrogens with one attached hydrogen (secondary N) is 7. The molecule has 5 amide bonds. The van der Waals surface area contributed by atoms with E-state index in [-0.39, 0.29) is 37.1 Å². The Labute approximate surface area is 256 Å². The van der Waals surface area contributed by atoms with E-state index in [9.17, 15) is 24.0 Å². The van der Waals surface area contributed by atoms with Gasteiger partial charge in [0.25, 0.3) is 0 Å². The minimum absolute atomic E-state index is 0.0963. The van der Waals surface area contributed by atoms with Crippen LogP contribution in [0.3, 0.4) is 0 Å². The summed E-state index contributed by atoms with van der Waals surface area (Å²) in [6, 6.07) is -2.61. The lowest BCUT2D eigenvalue weighted by molar-refractivity contribution is -0.138. The summed E-state index contributed by atoms with van der Waals surface area (Å²) in [5.41, 5.74) is -1.39. The van der Waals surface area contributed by atoms with Crippen molar-refractivity contribution in [1.29, 1.82) is 0 Å². The molecule has 0 aromatic heterocycles. The van der Waals surface area contributed by atoms with Crippen molar-refractivity contribution < 1.29 is 24.0 Å². The van der Waals surface area contributed by atoms with E-state index in [0.717, 1.165) is 25.7 Å². The summed E-state index contributed by atoms with van der Waals surface area (Å²) in [5.74, 6) is -1.59. The molecular formula is C30H54N8O5. The molecule has 1 aliphatic carbocycles. The standard InChI is InChI=1S/C30H54N8O5/c1-7-21-26(41)36-23(18-20-12-9-8-10-13-20)25(40)33-17-15-30(4,38-24(39)19(2)3)28(43)37-22(27(42)35-21)14-11-16-34-29(31-5)32-6/h19-23H,7-18H2,1-6H3,(H,33,40)(H,35,42)(H,36,41)(H,37,43)(H,38,39)(H2,31,32,34)/t21-,22-,23+,30+/m0/s1. The molecule has 0 radical (unpaired) electrons. The first-order valence-corrected chi connectivity index (χ1v) is 15.8. The summed E-state index contributed by atoms with van der Waals surface area (Å²) in [6.45, 7) is 7.42. The fourth-order valence-corrected chi connectivity index (χ4v) is 5.47. The first-order valence-electron chi connectivity index (χ1n) is 15.8. The number of carbonyl (C=O) groups is 5. The second-order valence-electron chi connectivity index (χ2n) is 12.2. The number of aliphatic imine (C=N–C) groups is 1. The van der Waals surface area contributed by atoms with Crippen LogP contribution in [0.2, 0.25) is 0 Å². The molecule has 244 valence electrons. The van der Waals surface area contributed by atoms with Crippen molar-refractivity contribution in [1.82, 2.24) is 37.2 Å². The van der Waals surface area contributed by atoms with Gasteiger partial charge in [0.2, 0.25) is 29.5 Å². The molecule has 13 heteroatoms. The van der Waals surface area contributed by atoms with Crippen molar-refractivity contribution in [2.75, 3.05) is 27.2 Å². The van der Waals surface area contributed by atoms with Crippen molar-refractivity contribution in [2.45, 2.75) is 116 Å². The van der Waals surface area contributed by atoms with Crippen LogP contribution in [0.5, 0.6) is 0 Å². The Morgan fingerprint density at radius 2 is 1.63 bits per heavy atom. The van der Waals surface area contributed by atoms with Crippen LogP contribution in [-0.4, -0.2) is 86.3 Å². The third-order valence-electron chi connectivity index (χ3n) is 8.36. The van der Waals surface area contributed by atoms with Gasteiger partial charge in [0.05, 0.1) is 0 Å². The zero-order valence-electron chi connectivity index (χ0n) is 26.9. The molecule has 0 unspecified atom stereocenters. The average molecular weight is 607 g/mol. The van der Waals surface area contributed by atoms with Gasteiger partial charge < -0.3 is 37.2 Å². The van der Waals surface area contributed by atoms with Crippen LogP contribution in [0.15, 0.2) is 4.99 Å². The number of guanidine groups is 1. The van der Waals surface area contributed by atoms with E-state index in [1.807, 2.05) is 0 Å². The predicted molar refractivity (Wildman–Crippen MR) is 166 cm³/mol. The largest absolute Gasteiger partial charge is 0.359 e. The van der Waals surface area contributed by atoms with Crippen LogP contribution in [0.25, 0.3) is 0 Å². The summed E-state index contributed by atoms with van der Waals surface area (Å²) in [5, 5.41) is 20.3. The molecule has 4 atom stereocenters. The van der Waals surface area contributed by atoms with Gasteiger partial charge in [0.1, 0.15) is 23.7 Å². The third-order valence-corrected chi connectivity index (χ3v) is 8.36. The highest BCUT2D eigenvalue weighted by atomic mass is 16.2. The van der Waals surface area contributed by atoms with Gasteiger partial charge in [-0.1, -0.05) is 52.9 Å². The molecule has 1 aliphatic heterocycles. The highest BCUT2D eigenvalue weighted by Gasteiger charge is 2.39. The molecule has 43 heavy (non-hydrogen) atoms. The van der Waals surface area contributed by atoms with Crippen LogP contribution >= 0.6 is 0 Å². The minimum Gasteiger partial charge on any atom is -0.359 e. The van der Waals surface area contributed by atoms with E-state index >= 15 is 0 Å². The zero-order chi connectivity index (χ0) is 32.0. The summed E-state index contributed by atoms with van der Waals surface area (Å²) in [6.07, 6.45) is 7.07. The second-order valence-corrected chi connectivity index (χ2v) is 12.2. The van der Waals surface area contributed by atoms with E-state index in [4.69, 9.17) is 0 Å². The highest BCUT2D eigenvalue weighted by molar-refractivity contribution is 5.97. The molecule has 1 saturated heterocycles. The Balaban J connectivity index is 2.35. The summed E-state index contributed by atoms with van der Waals surface area (Å²) >= 11 is 0. The van der Waals surface area contributed by atoms with Gasteiger partial charge in [0.15, 0.2) is 5.96 Å². The molecule has 2 aliphatic rings. The summed E-state index contributed by atoms with van der Waals surface area (Å²) in [4.78, 5) is 70.8. The van der Waals surface area contributed by atoms with Gasteiger partial charge in [-0.3, -0.25) is 29.0 Å². The predicted octanol–water partition coefficient (Wildman–Crippen LogP) is 0.447. The maximum atomic E-state index is 13.7. The smallest absolute Gasteiger partial charge is 0.246 e. The van der Waals surface area contributed by atoms with Crippen molar-refractivity contribution in [3.8, 4) is 0 Å². The Bertz CT molecular complexity index is 997. The fraction of sp³-hybridized carbons (Fsp3) is 0.800. The van der Waals surface area contributed by atoms with Crippen molar-refractivity contribution in [3.63, 3.8) is 0 Å². The van der Waals surface area contributed by atoms with Gasteiger partial charge >= 0.3 is 0 Å². The lowest BCUT2D eigenvalue weighted by Crippen LogP contribution is -2.63. The first-order chi connectivity index (χ1) is 20.4. The average Bonchev–Trinajstić information content (AvgIpc) is 2.98. The molecular weight excluding hydrogens is 552 g/mol. The molecule has 2 fully saturated rings. The molecule has 0 spiro atoms. The van der Waals surface area contributed by atoms with Crippen molar-refractivity contribution >= 4 is 35.5 Å². The van der Waals surface area contributed by atoms with Gasteiger partial charge in [0, 0.05) is 33.1 Å². The number of carbonyl (C=O) groups excluding carboxylic acids is 5. The number of hydrogen-bond donors (Lipinski definition) is 7. The lowest BCUT2D eigenvalue weighted by atomic mass is 9.84. The van der Waals surface area contributed by atoms with E-state index in [2.05, 4.69) is 42.2 Å². The molecule has 0 aromatic carbocycles. The minimum atomic E-state index is -1.39. The van der Waals surface area contributed by atoms with Crippen LogP contribution in [-0.2, 0) is 24.0 Å². The van der Waals surface area contributed by atoms with Crippen LogP contribution in [0.1, 0.15) is 91.9 Å². The molecule has 1 saturated carbocycles. The summed E-state index contributed by atoms with van der Waals surface area (Å²) in [7, 11) is 3.39. The molecule has 1 heterocycles. The van der Waals surface area contributed by atoms with E-state index in [1.54, 1.807) is 41.8 Å². The Kier molecular flexibility index (Phi) is 14.7. The van der Waals surface area contributed by atoms with Crippen LogP contribution in [0, 0.1) is 11.8 Å². The molecule has 2 rings (SSSR count). The second kappa shape index (κ2) is 17.7. The fourth-order valence-electron chi connectivity index (χ4n) is 5.47. The highest BCUT2D eigenvalue weighted by Crippen LogP contribution is 2.27. The molecule has 0 aromatic rings. The topological polar surface area (TPSA) is 182 Å². The van der Waals surface area contributed by atoms with Crippen LogP contribution in [0.4, 0.5) is 0 Å². The Morgan fingerprint density at radius 1 is 0.977 bits per heavy atom. The maximum Gasteiger partial charge on any atom is 0.246 e. The number of amides is 5.